The van der Waals surface area contributed by atoms with Crippen molar-refractivity contribution in [3.05, 3.63) is 65.7 Å². The number of nitrogens with one attached hydrogen (secondary N) is 1. The Bertz CT molecular complexity index is 857. The van der Waals surface area contributed by atoms with E-state index in [9.17, 15) is 13.2 Å². The van der Waals surface area contributed by atoms with Crippen LogP contribution in [-0.2, 0) is 19.1 Å². The smallest absolute Gasteiger partial charge is 0.298 e. The molecule has 1 amide bonds. The topological polar surface area (TPSA) is 72.5 Å². The van der Waals surface area contributed by atoms with E-state index in [0.29, 0.717) is 5.56 Å². The fourth-order valence-electron chi connectivity index (χ4n) is 3.29. The fraction of sp³-hybridized carbons (Fsp3) is 0.381. The van der Waals surface area contributed by atoms with Crippen molar-refractivity contribution in [3.8, 4) is 0 Å². The molecule has 0 bridgehead atoms. The van der Waals surface area contributed by atoms with E-state index in [4.69, 9.17) is 4.18 Å². The Balaban J connectivity index is 1.83. The first-order valence-electron chi connectivity index (χ1n) is 9.31. The van der Waals surface area contributed by atoms with Gasteiger partial charge in [-0.25, -0.2) is 4.18 Å². The van der Waals surface area contributed by atoms with Crippen LogP contribution in [-0.4, -0.2) is 20.4 Å². The maximum absolute atomic E-state index is 12.9. The molecule has 27 heavy (non-hydrogen) atoms. The van der Waals surface area contributed by atoms with E-state index in [0.717, 1.165) is 31.2 Å². The Morgan fingerprint density at radius 3 is 2.26 bits per heavy atom. The average Bonchev–Trinajstić information content (AvgIpc) is 2.68. The summed E-state index contributed by atoms with van der Waals surface area (Å²) in [6, 6.07) is 15.2. The number of aryl methyl sites for hydroxylation is 1. The van der Waals surface area contributed by atoms with Gasteiger partial charge in [0.2, 0.25) is 0 Å². The van der Waals surface area contributed by atoms with Crippen LogP contribution in [0.1, 0.15) is 49.3 Å². The predicted molar refractivity (Wildman–Crippen MR) is 104 cm³/mol. The predicted octanol–water partition coefficient (Wildman–Crippen LogP) is 3.89. The van der Waals surface area contributed by atoms with Crippen LogP contribution in [0, 0.1) is 6.92 Å². The summed E-state index contributed by atoms with van der Waals surface area (Å²) in [6.45, 7) is 1.88. The van der Waals surface area contributed by atoms with E-state index >= 15 is 0 Å². The largest absolute Gasteiger partial charge is 0.351 e. The van der Waals surface area contributed by atoms with Gasteiger partial charge in [-0.3, -0.25) is 4.79 Å². The molecular formula is C21H25NO4S. The van der Waals surface area contributed by atoms with Crippen LogP contribution in [0.4, 0.5) is 0 Å². The second kappa shape index (κ2) is 8.67. The first-order valence-corrected chi connectivity index (χ1v) is 10.7. The number of carbonyl (C=O) groups is 1. The molecule has 5 nitrogen and oxygen atoms in total. The van der Waals surface area contributed by atoms with Crippen molar-refractivity contribution in [1.29, 1.82) is 0 Å². The highest BCUT2D eigenvalue weighted by Crippen LogP contribution is 2.26. The number of benzene rings is 2. The zero-order chi connectivity index (χ0) is 19.3. The normalized spacial score (nSPS) is 16.6. The highest BCUT2D eigenvalue weighted by atomic mass is 32.2. The summed E-state index contributed by atoms with van der Waals surface area (Å²) in [4.78, 5) is 12.9. The molecule has 0 spiro atoms. The zero-order valence-electron chi connectivity index (χ0n) is 15.4. The number of hydrogen-bond donors (Lipinski definition) is 1. The van der Waals surface area contributed by atoms with E-state index in [1.807, 2.05) is 13.0 Å². The minimum Gasteiger partial charge on any atom is -0.351 e. The van der Waals surface area contributed by atoms with Crippen molar-refractivity contribution in [1.82, 2.24) is 5.32 Å². The number of rotatable bonds is 6. The molecule has 2 aromatic carbocycles. The van der Waals surface area contributed by atoms with Crippen molar-refractivity contribution in [2.24, 2.45) is 0 Å². The Hall–Kier alpha value is -2.18. The van der Waals surface area contributed by atoms with Gasteiger partial charge < -0.3 is 5.32 Å². The van der Waals surface area contributed by atoms with Gasteiger partial charge in [-0.05, 0) is 37.5 Å². The van der Waals surface area contributed by atoms with Crippen LogP contribution >= 0.6 is 0 Å². The van der Waals surface area contributed by atoms with Crippen LogP contribution in [0.5, 0.6) is 0 Å². The van der Waals surface area contributed by atoms with Gasteiger partial charge in [0.1, 0.15) is 0 Å². The first-order chi connectivity index (χ1) is 13.0. The number of carbonyl (C=O) groups excluding carboxylic acids is 1. The molecule has 0 unspecified atom stereocenters. The van der Waals surface area contributed by atoms with Crippen LogP contribution in [0.3, 0.4) is 0 Å². The van der Waals surface area contributed by atoms with Gasteiger partial charge in [-0.2, -0.15) is 8.42 Å². The number of hydrogen-bond acceptors (Lipinski definition) is 4. The summed E-state index contributed by atoms with van der Waals surface area (Å²) in [7, 11) is -4.07. The molecule has 0 radical (unpaired) electrons. The molecule has 3 rings (SSSR count). The molecule has 0 saturated heterocycles. The maximum atomic E-state index is 12.9. The lowest BCUT2D eigenvalue weighted by Gasteiger charge is -2.25. The van der Waals surface area contributed by atoms with Crippen LogP contribution < -0.4 is 5.32 Å². The molecule has 1 aliphatic carbocycles. The van der Waals surface area contributed by atoms with Gasteiger partial charge >= 0.3 is 0 Å². The van der Waals surface area contributed by atoms with Crippen molar-refractivity contribution in [3.63, 3.8) is 0 Å². The second-order valence-corrected chi connectivity index (χ2v) is 8.57. The van der Waals surface area contributed by atoms with E-state index < -0.39 is 22.1 Å². The summed E-state index contributed by atoms with van der Waals surface area (Å²) in [5, 5.41) is 2.97. The van der Waals surface area contributed by atoms with Gasteiger partial charge in [0, 0.05) is 6.04 Å². The summed E-state index contributed by atoms with van der Waals surface area (Å²) >= 11 is 0. The second-order valence-electron chi connectivity index (χ2n) is 7.00. The summed E-state index contributed by atoms with van der Waals surface area (Å²) < 4.78 is 30.9. The highest BCUT2D eigenvalue weighted by Gasteiger charge is 2.30. The van der Waals surface area contributed by atoms with E-state index in [2.05, 4.69) is 5.32 Å². The fourth-order valence-corrected chi connectivity index (χ4v) is 4.32. The maximum Gasteiger partial charge on any atom is 0.298 e. The van der Waals surface area contributed by atoms with E-state index in [1.165, 1.54) is 18.6 Å². The first kappa shape index (κ1) is 19.6. The molecule has 144 valence electrons. The minimum atomic E-state index is -4.07. The molecule has 0 aliphatic heterocycles. The van der Waals surface area contributed by atoms with Crippen molar-refractivity contribution in [2.75, 3.05) is 0 Å². The standard InChI is InChI=1S/C21H25NO4S/c1-16-12-14-19(15-13-16)27(24,25)26-20(17-8-4-2-5-9-17)21(23)22-18-10-6-3-7-11-18/h2,4-5,8-9,12-15,18,20H,3,6-7,10-11H2,1H3,(H,22,23)/t20-/m0/s1. The molecule has 6 heteroatoms. The van der Waals surface area contributed by atoms with Gasteiger partial charge in [0.25, 0.3) is 16.0 Å². The molecule has 0 aromatic heterocycles. The third-order valence-electron chi connectivity index (χ3n) is 4.82. The minimum absolute atomic E-state index is 0.0412. The lowest BCUT2D eigenvalue weighted by molar-refractivity contribution is -0.129. The molecule has 1 saturated carbocycles. The molecule has 1 N–H and O–H groups in total. The van der Waals surface area contributed by atoms with Crippen LogP contribution in [0.15, 0.2) is 59.5 Å². The summed E-state index contributed by atoms with van der Waals surface area (Å²) in [5.74, 6) is -0.413. The average molecular weight is 388 g/mol. The van der Waals surface area contributed by atoms with Gasteiger partial charge in [0.05, 0.1) is 4.90 Å². The summed E-state index contributed by atoms with van der Waals surface area (Å²) in [5.41, 5.74) is 1.46. The Morgan fingerprint density at radius 2 is 1.63 bits per heavy atom. The van der Waals surface area contributed by atoms with Crippen molar-refractivity contribution >= 4 is 16.0 Å². The molecule has 1 atom stereocenters. The zero-order valence-corrected chi connectivity index (χ0v) is 16.2. The van der Waals surface area contributed by atoms with Crippen molar-refractivity contribution < 1.29 is 17.4 Å². The molecule has 1 aliphatic rings. The lowest BCUT2D eigenvalue weighted by atomic mass is 9.95. The Morgan fingerprint density at radius 1 is 1.00 bits per heavy atom. The lowest BCUT2D eigenvalue weighted by Crippen LogP contribution is -2.40. The van der Waals surface area contributed by atoms with Crippen LogP contribution in [0.2, 0.25) is 0 Å². The number of amides is 1. The van der Waals surface area contributed by atoms with E-state index in [1.54, 1.807) is 36.4 Å². The Labute approximate surface area is 160 Å². The van der Waals surface area contributed by atoms with Gasteiger partial charge in [0.15, 0.2) is 6.10 Å². The van der Waals surface area contributed by atoms with Crippen molar-refractivity contribution in [2.45, 2.75) is 56.1 Å². The molecule has 0 heterocycles. The van der Waals surface area contributed by atoms with Gasteiger partial charge in [-0.15, -0.1) is 0 Å². The molecule has 2 aromatic rings. The monoisotopic (exact) mass is 387 g/mol. The quantitative estimate of drug-likeness (QED) is 0.763. The Kier molecular flexibility index (Phi) is 6.29. The third-order valence-corrected chi connectivity index (χ3v) is 6.12. The van der Waals surface area contributed by atoms with Crippen LogP contribution in [0.25, 0.3) is 0 Å². The third kappa shape index (κ3) is 5.17. The molecular weight excluding hydrogens is 362 g/mol. The van der Waals surface area contributed by atoms with Gasteiger partial charge in [-0.1, -0.05) is 67.3 Å². The molecule has 1 fully saturated rings. The van der Waals surface area contributed by atoms with E-state index in [-0.39, 0.29) is 10.9 Å². The highest BCUT2D eigenvalue weighted by molar-refractivity contribution is 7.86. The SMILES string of the molecule is Cc1ccc(S(=O)(=O)O[C@H](C(=O)NC2CCCCC2)c2ccccc2)cc1. The summed E-state index contributed by atoms with van der Waals surface area (Å²) in [6.07, 6.45) is 3.94.